The zero-order chi connectivity index (χ0) is 16.4. The summed E-state index contributed by atoms with van der Waals surface area (Å²) in [5.74, 6) is 1.94. The molecule has 1 aliphatic rings. The molecular formula is C20H27ClN4O. The number of aromatic nitrogens is 3. The molecule has 0 atom stereocenters. The van der Waals surface area contributed by atoms with Gasteiger partial charge in [0, 0.05) is 18.8 Å². The van der Waals surface area contributed by atoms with Crippen molar-refractivity contribution in [1.29, 1.82) is 0 Å². The van der Waals surface area contributed by atoms with E-state index in [-0.39, 0.29) is 17.9 Å². The first-order chi connectivity index (χ1) is 11.8. The van der Waals surface area contributed by atoms with Crippen molar-refractivity contribution in [3.05, 3.63) is 53.5 Å². The quantitative estimate of drug-likeness (QED) is 0.757. The van der Waals surface area contributed by atoms with Gasteiger partial charge in [-0.3, -0.25) is 0 Å². The van der Waals surface area contributed by atoms with Crippen LogP contribution in [0.2, 0.25) is 0 Å². The number of hydrogen-bond donors (Lipinski definition) is 1. The molecule has 3 heterocycles. The van der Waals surface area contributed by atoms with Crippen molar-refractivity contribution in [2.24, 2.45) is 0 Å². The second kappa shape index (κ2) is 9.01. The maximum absolute atomic E-state index is 4.74. The monoisotopic (exact) mass is 374 g/mol. The zero-order valence-corrected chi connectivity index (χ0v) is 16.0. The molecule has 1 aromatic carbocycles. The van der Waals surface area contributed by atoms with Crippen molar-refractivity contribution in [3.63, 3.8) is 0 Å². The standard InChI is InChI=1S/C20H24N4.ClH.H2O/c1-15-21-18-14-17(11-10-16-8-4-2-5-9-16)23-19(18)20(22-15)24-12-6-3-7-13-24;;/h2,4-5,8-9,14,23H,3,6-7,10-13H2,1H3;1H;1H2. The van der Waals surface area contributed by atoms with Crippen molar-refractivity contribution < 1.29 is 5.48 Å². The van der Waals surface area contributed by atoms with E-state index in [2.05, 4.69) is 51.3 Å². The van der Waals surface area contributed by atoms with Gasteiger partial charge in [0.25, 0.3) is 0 Å². The van der Waals surface area contributed by atoms with Crippen LogP contribution < -0.4 is 4.90 Å². The Balaban J connectivity index is 0.00000121. The van der Waals surface area contributed by atoms with Crippen molar-refractivity contribution in [3.8, 4) is 0 Å². The summed E-state index contributed by atoms with van der Waals surface area (Å²) in [5, 5.41) is 0. The van der Waals surface area contributed by atoms with Crippen LogP contribution in [0.5, 0.6) is 0 Å². The minimum absolute atomic E-state index is 0. The van der Waals surface area contributed by atoms with Gasteiger partial charge in [0.05, 0.1) is 5.52 Å². The summed E-state index contributed by atoms with van der Waals surface area (Å²) in [6.07, 6.45) is 5.88. The molecule has 6 heteroatoms. The van der Waals surface area contributed by atoms with E-state index in [9.17, 15) is 0 Å². The Kier molecular flexibility index (Phi) is 7.00. The van der Waals surface area contributed by atoms with E-state index in [1.54, 1.807) is 0 Å². The highest BCUT2D eigenvalue weighted by Gasteiger charge is 2.18. The van der Waals surface area contributed by atoms with Crippen molar-refractivity contribution in [2.75, 3.05) is 18.0 Å². The fourth-order valence-electron chi connectivity index (χ4n) is 3.56. The topological polar surface area (TPSA) is 76.3 Å². The Labute approximate surface area is 160 Å². The first kappa shape index (κ1) is 20.2. The Hall–Kier alpha value is -2.11. The van der Waals surface area contributed by atoms with Crippen LogP contribution in [-0.2, 0) is 12.8 Å². The predicted molar refractivity (Wildman–Crippen MR) is 109 cm³/mol. The van der Waals surface area contributed by atoms with E-state index >= 15 is 0 Å². The normalized spacial score (nSPS) is 14.0. The van der Waals surface area contributed by atoms with Crippen LogP contribution >= 0.6 is 12.4 Å². The SMILES string of the molecule is Cc1nc(N2CCCCC2)c2[nH]c(CCc3ccccc3)cc2n1.Cl.O. The summed E-state index contributed by atoms with van der Waals surface area (Å²) in [7, 11) is 0. The molecule has 3 aromatic rings. The molecule has 2 aromatic heterocycles. The second-order valence-electron chi connectivity index (χ2n) is 6.68. The molecule has 0 saturated carbocycles. The third-order valence-electron chi connectivity index (χ3n) is 4.81. The lowest BCUT2D eigenvalue weighted by molar-refractivity contribution is 0.574. The van der Waals surface area contributed by atoms with Gasteiger partial charge in [-0.1, -0.05) is 30.3 Å². The van der Waals surface area contributed by atoms with E-state index in [4.69, 9.17) is 4.98 Å². The number of hydrogen-bond acceptors (Lipinski definition) is 3. The second-order valence-corrected chi connectivity index (χ2v) is 6.68. The average molecular weight is 375 g/mol. The molecule has 0 radical (unpaired) electrons. The smallest absolute Gasteiger partial charge is 0.156 e. The molecule has 26 heavy (non-hydrogen) atoms. The average Bonchev–Trinajstić information content (AvgIpc) is 3.03. The molecule has 3 N–H and O–H groups in total. The summed E-state index contributed by atoms with van der Waals surface area (Å²) in [6.45, 7) is 4.19. The lowest BCUT2D eigenvalue weighted by atomic mass is 10.1. The Morgan fingerprint density at radius 1 is 1.00 bits per heavy atom. The van der Waals surface area contributed by atoms with Crippen LogP contribution in [0.25, 0.3) is 11.0 Å². The molecule has 140 valence electrons. The lowest BCUT2D eigenvalue weighted by Gasteiger charge is -2.28. The summed E-state index contributed by atoms with van der Waals surface area (Å²) in [4.78, 5) is 15.4. The number of benzene rings is 1. The molecular weight excluding hydrogens is 348 g/mol. The molecule has 5 nitrogen and oxygen atoms in total. The first-order valence-corrected chi connectivity index (χ1v) is 8.95. The van der Waals surface area contributed by atoms with Gasteiger partial charge in [-0.05, 0) is 50.7 Å². The largest absolute Gasteiger partial charge is 0.412 e. The van der Waals surface area contributed by atoms with Gasteiger partial charge < -0.3 is 15.4 Å². The highest BCUT2D eigenvalue weighted by Crippen LogP contribution is 2.27. The molecule has 1 fully saturated rings. The van der Waals surface area contributed by atoms with Crippen LogP contribution in [0.1, 0.15) is 36.3 Å². The predicted octanol–water partition coefficient (Wildman–Crippen LogP) is 3.64. The third kappa shape index (κ3) is 4.34. The van der Waals surface area contributed by atoms with Gasteiger partial charge in [-0.25, -0.2) is 9.97 Å². The fourth-order valence-corrected chi connectivity index (χ4v) is 3.56. The Morgan fingerprint density at radius 2 is 1.73 bits per heavy atom. The van der Waals surface area contributed by atoms with Crippen molar-refractivity contribution in [1.82, 2.24) is 15.0 Å². The Bertz CT molecular complexity index is 828. The molecule has 0 spiro atoms. The van der Waals surface area contributed by atoms with Gasteiger partial charge in [0.2, 0.25) is 0 Å². The number of nitrogens with one attached hydrogen (secondary N) is 1. The van der Waals surface area contributed by atoms with E-state index in [1.165, 1.54) is 30.5 Å². The Morgan fingerprint density at radius 3 is 2.46 bits per heavy atom. The van der Waals surface area contributed by atoms with Crippen LogP contribution in [0, 0.1) is 6.92 Å². The molecule has 1 saturated heterocycles. The summed E-state index contributed by atoms with van der Waals surface area (Å²) in [5.41, 5.74) is 4.76. The van der Waals surface area contributed by atoms with Crippen LogP contribution in [0.4, 0.5) is 5.82 Å². The first-order valence-electron chi connectivity index (χ1n) is 8.95. The minimum atomic E-state index is 0. The van der Waals surface area contributed by atoms with Crippen molar-refractivity contribution in [2.45, 2.75) is 39.0 Å². The van der Waals surface area contributed by atoms with Crippen LogP contribution in [0.15, 0.2) is 36.4 Å². The molecule has 0 unspecified atom stereocenters. The third-order valence-corrected chi connectivity index (χ3v) is 4.81. The van der Waals surface area contributed by atoms with E-state index in [0.29, 0.717) is 0 Å². The lowest BCUT2D eigenvalue weighted by Crippen LogP contribution is -2.30. The minimum Gasteiger partial charge on any atom is -0.412 e. The van der Waals surface area contributed by atoms with Crippen LogP contribution in [0.3, 0.4) is 0 Å². The number of aromatic amines is 1. The van der Waals surface area contributed by atoms with Gasteiger partial charge in [-0.2, -0.15) is 0 Å². The number of H-pyrrole nitrogens is 1. The van der Waals surface area contributed by atoms with Gasteiger partial charge in [-0.15, -0.1) is 12.4 Å². The number of halogens is 1. The van der Waals surface area contributed by atoms with E-state index in [1.807, 2.05) is 6.92 Å². The number of anilines is 1. The van der Waals surface area contributed by atoms with Gasteiger partial charge in [0.15, 0.2) is 5.82 Å². The van der Waals surface area contributed by atoms with Crippen molar-refractivity contribution >= 4 is 29.3 Å². The maximum Gasteiger partial charge on any atom is 0.156 e. The zero-order valence-electron chi connectivity index (χ0n) is 15.2. The summed E-state index contributed by atoms with van der Waals surface area (Å²) in [6, 6.07) is 12.8. The highest BCUT2D eigenvalue weighted by molar-refractivity contribution is 5.87. The van der Waals surface area contributed by atoms with Gasteiger partial charge >= 0.3 is 0 Å². The number of fused-ring (bicyclic) bond motifs is 1. The number of aryl methyl sites for hydroxylation is 3. The molecule has 0 bridgehead atoms. The highest BCUT2D eigenvalue weighted by atomic mass is 35.5. The molecule has 1 aliphatic heterocycles. The maximum atomic E-state index is 4.74. The van der Waals surface area contributed by atoms with E-state index in [0.717, 1.165) is 48.6 Å². The number of rotatable bonds is 4. The summed E-state index contributed by atoms with van der Waals surface area (Å²) < 4.78 is 0. The molecule has 4 rings (SSSR count). The molecule has 0 aliphatic carbocycles. The number of piperidine rings is 1. The van der Waals surface area contributed by atoms with Gasteiger partial charge in [0.1, 0.15) is 11.3 Å². The van der Waals surface area contributed by atoms with Crippen LogP contribution in [-0.4, -0.2) is 33.5 Å². The fraction of sp³-hybridized carbons (Fsp3) is 0.400. The summed E-state index contributed by atoms with van der Waals surface area (Å²) >= 11 is 0. The molecule has 0 amide bonds. The number of nitrogens with zero attached hydrogens (tertiary/aromatic N) is 3. The van der Waals surface area contributed by atoms with E-state index < -0.39 is 0 Å².